The van der Waals surface area contributed by atoms with Gasteiger partial charge < -0.3 is 15.4 Å². The molecule has 0 atom stereocenters. The lowest BCUT2D eigenvalue weighted by molar-refractivity contribution is 0.0941. The van der Waals surface area contributed by atoms with E-state index in [-0.39, 0.29) is 5.91 Å². The summed E-state index contributed by atoms with van der Waals surface area (Å²) in [5, 5.41) is 6.17. The van der Waals surface area contributed by atoms with E-state index in [1.165, 1.54) is 0 Å². The van der Waals surface area contributed by atoms with Crippen LogP contribution in [0.15, 0.2) is 18.2 Å². The first kappa shape index (κ1) is 16.5. The number of hydrogen-bond donors (Lipinski definition) is 2. The quantitative estimate of drug-likeness (QED) is 0.683. The number of amides is 1. The van der Waals surface area contributed by atoms with Crippen LogP contribution in [0.1, 0.15) is 42.6 Å². The molecule has 1 aromatic carbocycles. The highest BCUT2D eigenvalue weighted by Crippen LogP contribution is 2.14. The van der Waals surface area contributed by atoms with Gasteiger partial charge in [0.2, 0.25) is 0 Å². The fraction of sp³-hybridized carbons (Fsp3) is 0.562. The van der Waals surface area contributed by atoms with Crippen LogP contribution < -0.4 is 10.6 Å². The van der Waals surface area contributed by atoms with Crippen LogP contribution in [-0.2, 0) is 4.74 Å². The molecular formula is C16H26N2O2. The minimum absolute atomic E-state index is 0.0129. The van der Waals surface area contributed by atoms with Crippen LogP contribution in [-0.4, -0.2) is 32.2 Å². The maximum Gasteiger partial charge on any atom is 0.251 e. The average Bonchev–Trinajstić information content (AvgIpc) is 2.43. The standard InChI is InChI=1S/C16H26N2O2/c1-4-10-20-11-6-9-18-16(19)15-8-7-14(17-5-2)12-13(15)3/h7-8,12,17H,4-6,9-11H2,1-3H3,(H,18,19). The number of benzene rings is 1. The van der Waals surface area contributed by atoms with Crippen LogP contribution in [0.3, 0.4) is 0 Å². The number of aryl methyl sites for hydroxylation is 1. The van der Waals surface area contributed by atoms with Crippen molar-refractivity contribution in [2.45, 2.75) is 33.6 Å². The van der Waals surface area contributed by atoms with Gasteiger partial charge in [-0.05, 0) is 50.5 Å². The predicted molar refractivity (Wildman–Crippen MR) is 83.4 cm³/mol. The van der Waals surface area contributed by atoms with Gasteiger partial charge in [-0.1, -0.05) is 6.92 Å². The van der Waals surface area contributed by atoms with E-state index in [4.69, 9.17) is 4.74 Å². The Bertz CT molecular complexity index is 419. The lowest BCUT2D eigenvalue weighted by Gasteiger charge is -2.10. The van der Waals surface area contributed by atoms with Gasteiger partial charge in [0.1, 0.15) is 0 Å². The second-order valence-electron chi connectivity index (χ2n) is 4.78. The highest BCUT2D eigenvalue weighted by molar-refractivity contribution is 5.96. The van der Waals surface area contributed by atoms with Gasteiger partial charge in [0.05, 0.1) is 0 Å². The van der Waals surface area contributed by atoms with Gasteiger partial charge in [-0.25, -0.2) is 0 Å². The summed E-state index contributed by atoms with van der Waals surface area (Å²) in [6.07, 6.45) is 1.88. The summed E-state index contributed by atoms with van der Waals surface area (Å²) in [6, 6.07) is 5.81. The van der Waals surface area contributed by atoms with Crippen molar-refractivity contribution >= 4 is 11.6 Å². The third-order valence-electron chi connectivity index (χ3n) is 2.95. The summed E-state index contributed by atoms with van der Waals surface area (Å²) in [4.78, 5) is 12.1. The smallest absolute Gasteiger partial charge is 0.251 e. The first-order valence-electron chi connectivity index (χ1n) is 7.39. The molecule has 0 saturated heterocycles. The fourth-order valence-electron chi connectivity index (χ4n) is 1.95. The number of hydrogen-bond acceptors (Lipinski definition) is 3. The minimum Gasteiger partial charge on any atom is -0.385 e. The second-order valence-corrected chi connectivity index (χ2v) is 4.78. The molecule has 4 nitrogen and oxygen atoms in total. The van der Waals surface area contributed by atoms with Crippen molar-refractivity contribution < 1.29 is 9.53 Å². The van der Waals surface area contributed by atoms with Crippen LogP contribution in [0.5, 0.6) is 0 Å². The van der Waals surface area contributed by atoms with Gasteiger partial charge >= 0.3 is 0 Å². The molecule has 1 amide bonds. The SMILES string of the molecule is CCCOCCCNC(=O)c1ccc(NCC)cc1C. The number of carbonyl (C=O) groups is 1. The summed E-state index contributed by atoms with van der Waals surface area (Å²) in [5.74, 6) is -0.0129. The van der Waals surface area contributed by atoms with Gasteiger partial charge in [0.15, 0.2) is 0 Å². The van der Waals surface area contributed by atoms with Crippen LogP contribution in [0, 0.1) is 6.92 Å². The second kappa shape index (κ2) is 9.37. The van der Waals surface area contributed by atoms with Gasteiger partial charge in [0, 0.05) is 37.6 Å². The Morgan fingerprint density at radius 2 is 2.05 bits per heavy atom. The van der Waals surface area contributed by atoms with Crippen LogP contribution in [0.2, 0.25) is 0 Å². The molecule has 112 valence electrons. The maximum absolute atomic E-state index is 12.1. The molecule has 0 spiro atoms. The third-order valence-corrected chi connectivity index (χ3v) is 2.95. The van der Waals surface area contributed by atoms with E-state index in [1.807, 2.05) is 25.1 Å². The molecule has 0 bridgehead atoms. The zero-order valence-electron chi connectivity index (χ0n) is 12.8. The molecule has 0 saturated carbocycles. The van der Waals surface area contributed by atoms with E-state index < -0.39 is 0 Å². The largest absolute Gasteiger partial charge is 0.385 e. The molecule has 0 aromatic heterocycles. The first-order chi connectivity index (χ1) is 9.69. The minimum atomic E-state index is -0.0129. The molecular weight excluding hydrogens is 252 g/mol. The molecule has 0 radical (unpaired) electrons. The average molecular weight is 278 g/mol. The highest BCUT2D eigenvalue weighted by Gasteiger charge is 2.08. The Kier molecular flexibility index (Phi) is 7.73. The predicted octanol–water partition coefficient (Wildman–Crippen LogP) is 2.97. The Morgan fingerprint density at radius 1 is 1.25 bits per heavy atom. The lowest BCUT2D eigenvalue weighted by Crippen LogP contribution is -2.26. The molecule has 0 aliphatic carbocycles. The lowest BCUT2D eigenvalue weighted by atomic mass is 10.1. The van der Waals surface area contributed by atoms with Gasteiger partial charge in [-0.3, -0.25) is 4.79 Å². The van der Waals surface area contributed by atoms with E-state index in [0.717, 1.165) is 42.8 Å². The van der Waals surface area contributed by atoms with Crippen molar-refractivity contribution in [3.05, 3.63) is 29.3 Å². The molecule has 1 rings (SSSR count). The van der Waals surface area contributed by atoms with E-state index in [2.05, 4.69) is 24.5 Å². The normalized spacial score (nSPS) is 10.3. The van der Waals surface area contributed by atoms with Crippen molar-refractivity contribution in [2.24, 2.45) is 0 Å². The molecule has 0 unspecified atom stereocenters. The summed E-state index contributed by atoms with van der Waals surface area (Å²) >= 11 is 0. The van der Waals surface area contributed by atoms with Crippen molar-refractivity contribution in [3.8, 4) is 0 Å². The fourth-order valence-corrected chi connectivity index (χ4v) is 1.95. The maximum atomic E-state index is 12.1. The zero-order chi connectivity index (χ0) is 14.8. The van der Waals surface area contributed by atoms with Crippen LogP contribution in [0.4, 0.5) is 5.69 Å². The van der Waals surface area contributed by atoms with Crippen LogP contribution in [0.25, 0.3) is 0 Å². The number of carbonyl (C=O) groups excluding carboxylic acids is 1. The van der Waals surface area contributed by atoms with Crippen LogP contribution >= 0.6 is 0 Å². The highest BCUT2D eigenvalue weighted by atomic mass is 16.5. The van der Waals surface area contributed by atoms with E-state index >= 15 is 0 Å². The zero-order valence-corrected chi connectivity index (χ0v) is 12.8. The number of ether oxygens (including phenoxy) is 1. The molecule has 0 fully saturated rings. The summed E-state index contributed by atoms with van der Waals surface area (Å²) in [5.41, 5.74) is 2.78. The summed E-state index contributed by atoms with van der Waals surface area (Å²) in [7, 11) is 0. The van der Waals surface area contributed by atoms with E-state index in [1.54, 1.807) is 0 Å². The van der Waals surface area contributed by atoms with Gasteiger partial charge in [-0.2, -0.15) is 0 Å². The van der Waals surface area contributed by atoms with Crippen molar-refractivity contribution in [3.63, 3.8) is 0 Å². The van der Waals surface area contributed by atoms with Crippen molar-refractivity contribution in [2.75, 3.05) is 31.6 Å². The number of rotatable bonds is 9. The molecule has 20 heavy (non-hydrogen) atoms. The Balaban J connectivity index is 2.39. The molecule has 0 aliphatic rings. The number of anilines is 1. The summed E-state index contributed by atoms with van der Waals surface area (Å²) < 4.78 is 5.38. The molecule has 0 aliphatic heterocycles. The van der Waals surface area contributed by atoms with Gasteiger partial charge in [0.25, 0.3) is 5.91 Å². The number of nitrogens with one attached hydrogen (secondary N) is 2. The summed E-state index contributed by atoms with van der Waals surface area (Å²) in [6.45, 7) is 9.11. The van der Waals surface area contributed by atoms with Crippen molar-refractivity contribution in [1.29, 1.82) is 0 Å². The Labute approximate surface area is 121 Å². The van der Waals surface area contributed by atoms with Crippen molar-refractivity contribution in [1.82, 2.24) is 5.32 Å². The van der Waals surface area contributed by atoms with Gasteiger partial charge in [-0.15, -0.1) is 0 Å². The third kappa shape index (κ3) is 5.61. The molecule has 0 heterocycles. The molecule has 4 heteroatoms. The Hall–Kier alpha value is -1.55. The van der Waals surface area contributed by atoms with E-state index in [9.17, 15) is 4.79 Å². The Morgan fingerprint density at radius 3 is 2.70 bits per heavy atom. The molecule has 1 aromatic rings. The van der Waals surface area contributed by atoms with E-state index in [0.29, 0.717) is 13.2 Å². The molecule has 2 N–H and O–H groups in total. The first-order valence-corrected chi connectivity index (χ1v) is 7.39. The monoisotopic (exact) mass is 278 g/mol. The topological polar surface area (TPSA) is 50.4 Å².